The lowest BCUT2D eigenvalue weighted by molar-refractivity contribution is -0.127. The van der Waals surface area contributed by atoms with Crippen molar-refractivity contribution >= 4 is 79.7 Å². The normalized spacial score (nSPS) is 14.2. The Morgan fingerprint density at radius 1 is 1.05 bits per heavy atom. The van der Waals surface area contributed by atoms with E-state index in [9.17, 15) is 14.4 Å². The van der Waals surface area contributed by atoms with Gasteiger partial charge in [0.25, 0.3) is 11.1 Å². The fraction of sp³-hybridized carbons (Fsp3) is 0.148. The van der Waals surface area contributed by atoms with Crippen LogP contribution in [0, 0.1) is 0 Å². The Balaban J connectivity index is 1.40. The summed E-state index contributed by atoms with van der Waals surface area (Å²) in [6, 6.07) is 17.4. The van der Waals surface area contributed by atoms with E-state index in [1.807, 2.05) is 19.1 Å². The zero-order chi connectivity index (χ0) is 27.2. The van der Waals surface area contributed by atoms with Gasteiger partial charge in [0, 0.05) is 10.7 Å². The van der Waals surface area contributed by atoms with Crippen LogP contribution in [0.5, 0.6) is 11.5 Å². The second-order valence-corrected chi connectivity index (χ2v) is 10.7. The number of amides is 3. The second-order valence-electron chi connectivity index (χ2n) is 8.00. The molecule has 7 nitrogen and oxygen atoms in total. The van der Waals surface area contributed by atoms with Crippen LogP contribution in [0.2, 0.25) is 10.0 Å². The molecule has 1 N–H and O–H groups in total. The van der Waals surface area contributed by atoms with Crippen LogP contribution in [0.25, 0.3) is 6.08 Å². The van der Waals surface area contributed by atoms with E-state index in [1.165, 1.54) is 0 Å². The highest BCUT2D eigenvalue weighted by Crippen LogP contribution is 2.38. The van der Waals surface area contributed by atoms with Gasteiger partial charge >= 0.3 is 0 Å². The van der Waals surface area contributed by atoms with Gasteiger partial charge in [-0.2, -0.15) is 0 Å². The number of anilines is 1. The lowest BCUT2D eigenvalue weighted by Gasteiger charge is -2.13. The molecule has 0 aliphatic carbocycles. The SMILES string of the molecule is CCOc1ccc(NC(=O)CN2C(=O)S/C(=C/c3cc(Cl)c(OCc4ccc(Cl)cc4)c(Br)c3)C2=O)cc1. The van der Waals surface area contributed by atoms with Crippen molar-refractivity contribution in [2.45, 2.75) is 13.5 Å². The number of thioether (sulfide) groups is 1. The number of nitrogens with zero attached hydrogens (tertiary/aromatic N) is 1. The van der Waals surface area contributed by atoms with Crippen molar-refractivity contribution in [3.63, 3.8) is 0 Å². The Hall–Kier alpha value is -2.98. The van der Waals surface area contributed by atoms with E-state index >= 15 is 0 Å². The minimum Gasteiger partial charge on any atom is -0.494 e. The van der Waals surface area contributed by atoms with Crippen molar-refractivity contribution in [1.82, 2.24) is 4.90 Å². The van der Waals surface area contributed by atoms with Crippen LogP contribution in [0.3, 0.4) is 0 Å². The molecule has 11 heteroatoms. The number of ether oxygens (including phenoxy) is 2. The lowest BCUT2D eigenvalue weighted by Crippen LogP contribution is -2.36. The number of rotatable bonds is 9. The van der Waals surface area contributed by atoms with Crippen LogP contribution in [0.4, 0.5) is 10.5 Å². The Bertz CT molecular complexity index is 1370. The number of benzene rings is 3. The smallest absolute Gasteiger partial charge is 0.294 e. The zero-order valence-electron chi connectivity index (χ0n) is 20.0. The molecule has 1 fully saturated rings. The summed E-state index contributed by atoms with van der Waals surface area (Å²) in [5, 5.41) is 3.11. The van der Waals surface area contributed by atoms with E-state index in [2.05, 4.69) is 21.2 Å². The largest absolute Gasteiger partial charge is 0.494 e. The molecule has 0 unspecified atom stereocenters. The molecule has 3 amide bonds. The number of carbonyl (C=O) groups excluding carboxylic acids is 3. The molecule has 0 spiro atoms. The number of halogens is 3. The van der Waals surface area contributed by atoms with E-state index in [1.54, 1.807) is 54.6 Å². The van der Waals surface area contributed by atoms with Gasteiger partial charge in [-0.25, -0.2) is 0 Å². The van der Waals surface area contributed by atoms with E-state index in [0.29, 0.717) is 43.9 Å². The monoisotopic (exact) mass is 634 g/mol. The first kappa shape index (κ1) is 28.0. The van der Waals surface area contributed by atoms with Crippen LogP contribution in [0.1, 0.15) is 18.1 Å². The molecule has 0 atom stereocenters. The summed E-state index contributed by atoms with van der Waals surface area (Å²) in [4.78, 5) is 38.9. The summed E-state index contributed by atoms with van der Waals surface area (Å²) in [6.07, 6.45) is 1.55. The van der Waals surface area contributed by atoms with Crippen LogP contribution in [0.15, 0.2) is 70.0 Å². The Morgan fingerprint density at radius 2 is 1.76 bits per heavy atom. The maximum atomic E-state index is 12.9. The van der Waals surface area contributed by atoms with Gasteiger partial charge in [-0.15, -0.1) is 0 Å². The van der Waals surface area contributed by atoms with Crippen LogP contribution < -0.4 is 14.8 Å². The highest BCUT2D eigenvalue weighted by atomic mass is 79.9. The topological polar surface area (TPSA) is 84.9 Å². The third kappa shape index (κ3) is 7.11. The maximum absolute atomic E-state index is 12.9. The highest BCUT2D eigenvalue weighted by Gasteiger charge is 2.36. The molecule has 3 aromatic rings. The molecule has 1 aliphatic rings. The van der Waals surface area contributed by atoms with Crippen molar-refractivity contribution < 1.29 is 23.9 Å². The number of carbonyl (C=O) groups is 3. The maximum Gasteiger partial charge on any atom is 0.294 e. The summed E-state index contributed by atoms with van der Waals surface area (Å²) in [6.45, 7) is 2.29. The summed E-state index contributed by atoms with van der Waals surface area (Å²) >= 11 is 16.6. The van der Waals surface area contributed by atoms with Gasteiger partial charge in [0.15, 0.2) is 5.75 Å². The third-order valence-corrected chi connectivity index (χ3v) is 7.27. The van der Waals surface area contributed by atoms with Gasteiger partial charge in [0.2, 0.25) is 5.91 Å². The molecule has 1 aliphatic heterocycles. The van der Waals surface area contributed by atoms with Gasteiger partial charge in [0.1, 0.15) is 18.9 Å². The predicted octanol–water partition coefficient (Wildman–Crippen LogP) is 7.41. The van der Waals surface area contributed by atoms with Crippen molar-refractivity contribution in [2.24, 2.45) is 0 Å². The molecular formula is C27H21BrCl2N2O5S. The van der Waals surface area contributed by atoms with Crippen molar-refractivity contribution in [2.75, 3.05) is 18.5 Å². The second kappa shape index (κ2) is 12.7. The van der Waals surface area contributed by atoms with Crippen LogP contribution >= 0.6 is 50.9 Å². The number of imide groups is 1. The summed E-state index contributed by atoms with van der Waals surface area (Å²) in [7, 11) is 0. The first-order chi connectivity index (χ1) is 18.2. The molecular weight excluding hydrogens is 615 g/mol. The molecule has 38 heavy (non-hydrogen) atoms. The first-order valence-electron chi connectivity index (χ1n) is 11.4. The molecule has 0 bridgehead atoms. The minimum absolute atomic E-state index is 0.182. The highest BCUT2D eigenvalue weighted by molar-refractivity contribution is 9.10. The number of hydrogen-bond donors (Lipinski definition) is 1. The van der Waals surface area contributed by atoms with Crippen molar-refractivity contribution in [3.05, 3.63) is 91.2 Å². The Morgan fingerprint density at radius 3 is 2.42 bits per heavy atom. The molecule has 0 radical (unpaired) electrons. The Labute approximate surface area is 242 Å². The summed E-state index contributed by atoms with van der Waals surface area (Å²) in [5.74, 6) is 0.0649. The molecule has 0 saturated carbocycles. The number of hydrogen-bond acceptors (Lipinski definition) is 6. The lowest BCUT2D eigenvalue weighted by atomic mass is 10.2. The van der Waals surface area contributed by atoms with Crippen LogP contribution in [-0.4, -0.2) is 35.1 Å². The van der Waals surface area contributed by atoms with Crippen molar-refractivity contribution in [3.8, 4) is 11.5 Å². The third-order valence-electron chi connectivity index (χ3n) is 5.24. The zero-order valence-corrected chi connectivity index (χ0v) is 23.9. The molecule has 4 rings (SSSR count). The molecule has 196 valence electrons. The fourth-order valence-corrected chi connectivity index (χ4v) is 5.42. The van der Waals surface area contributed by atoms with E-state index < -0.39 is 23.6 Å². The number of nitrogens with one attached hydrogen (secondary N) is 1. The standard InChI is InChI=1S/C27H21BrCl2N2O5S/c1-2-36-20-9-7-19(8-10-20)31-24(33)14-32-26(34)23(38-27(32)35)13-17-11-21(28)25(22(30)12-17)37-15-16-3-5-18(29)6-4-16/h3-13H,2,14-15H2,1H3,(H,31,33)/b23-13+. The quantitative estimate of drug-likeness (QED) is 0.247. The minimum atomic E-state index is -0.558. The fourth-order valence-electron chi connectivity index (χ4n) is 3.47. The van der Waals surface area contributed by atoms with Gasteiger partial charge in [-0.05, 0) is 100 Å². The summed E-state index contributed by atoms with van der Waals surface area (Å²) < 4.78 is 11.8. The average Bonchev–Trinajstić information content (AvgIpc) is 3.13. The van der Waals surface area contributed by atoms with Gasteiger partial charge in [-0.3, -0.25) is 19.3 Å². The van der Waals surface area contributed by atoms with Gasteiger partial charge in [-0.1, -0.05) is 35.3 Å². The van der Waals surface area contributed by atoms with Crippen molar-refractivity contribution in [1.29, 1.82) is 0 Å². The van der Waals surface area contributed by atoms with Gasteiger partial charge in [0.05, 0.1) is 21.0 Å². The van der Waals surface area contributed by atoms with E-state index in [-0.39, 0.29) is 11.5 Å². The van der Waals surface area contributed by atoms with Crippen LogP contribution in [-0.2, 0) is 16.2 Å². The molecule has 1 heterocycles. The molecule has 3 aromatic carbocycles. The summed E-state index contributed by atoms with van der Waals surface area (Å²) in [5.41, 5.74) is 2.03. The molecule has 0 aromatic heterocycles. The average molecular weight is 636 g/mol. The van der Waals surface area contributed by atoms with E-state index in [4.69, 9.17) is 32.7 Å². The molecule has 1 saturated heterocycles. The Kier molecular flexibility index (Phi) is 9.38. The van der Waals surface area contributed by atoms with Gasteiger partial charge < -0.3 is 14.8 Å². The predicted molar refractivity (Wildman–Crippen MR) is 154 cm³/mol. The van der Waals surface area contributed by atoms with E-state index in [0.717, 1.165) is 22.2 Å². The first-order valence-corrected chi connectivity index (χ1v) is 13.7.